The van der Waals surface area contributed by atoms with E-state index in [0.29, 0.717) is 18.2 Å². The molecule has 1 saturated heterocycles. The summed E-state index contributed by atoms with van der Waals surface area (Å²) in [6.45, 7) is 9.84. The molecule has 0 aromatic heterocycles. The molecule has 0 spiro atoms. The van der Waals surface area contributed by atoms with Gasteiger partial charge in [-0.3, -0.25) is 0 Å². The van der Waals surface area contributed by atoms with Crippen molar-refractivity contribution in [3.63, 3.8) is 0 Å². The van der Waals surface area contributed by atoms with Gasteiger partial charge in [0.25, 0.3) is 0 Å². The van der Waals surface area contributed by atoms with Crippen LogP contribution in [0.3, 0.4) is 0 Å². The number of aryl methyl sites for hydroxylation is 2. The van der Waals surface area contributed by atoms with Crippen LogP contribution in [0.1, 0.15) is 49.8 Å². The molecule has 1 aromatic carbocycles. The molecule has 0 bridgehead atoms. The van der Waals surface area contributed by atoms with Crippen molar-refractivity contribution in [1.82, 2.24) is 5.32 Å². The predicted octanol–water partition coefficient (Wildman–Crippen LogP) is 3.78. The Bertz CT molecular complexity index is 409. The van der Waals surface area contributed by atoms with E-state index in [0.717, 1.165) is 13.0 Å². The first-order chi connectivity index (χ1) is 9.58. The monoisotopic (exact) mass is 275 g/mol. The smallest absolute Gasteiger partial charge is 0.0735 e. The van der Waals surface area contributed by atoms with Gasteiger partial charge < -0.3 is 10.1 Å². The average Bonchev–Trinajstić information content (AvgIpc) is 2.80. The molecule has 0 radical (unpaired) electrons. The van der Waals surface area contributed by atoms with Gasteiger partial charge in [-0.15, -0.1) is 0 Å². The molecule has 1 aliphatic rings. The van der Waals surface area contributed by atoms with Crippen LogP contribution in [0.15, 0.2) is 18.2 Å². The molecule has 0 saturated carbocycles. The van der Waals surface area contributed by atoms with Crippen molar-refractivity contribution >= 4 is 0 Å². The zero-order chi connectivity index (χ0) is 14.5. The minimum atomic E-state index is 0.373. The molecule has 3 unspecified atom stereocenters. The Morgan fingerprint density at radius 2 is 1.90 bits per heavy atom. The molecule has 2 nitrogen and oxygen atoms in total. The molecule has 0 amide bonds. The Balaban J connectivity index is 2.06. The van der Waals surface area contributed by atoms with Crippen LogP contribution in [0.4, 0.5) is 0 Å². The van der Waals surface area contributed by atoms with Gasteiger partial charge >= 0.3 is 0 Å². The third-order valence-corrected chi connectivity index (χ3v) is 4.11. The van der Waals surface area contributed by atoms with E-state index < -0.39 is 0 Å². The van der Waals surface area contributed by atoms with E-state index in [9.17, 15) is 0 Å². The molecule has 112 valence electrons. The van der Waals surface area contributed by atoms with E-state index in [2.05, 4.69) is 51.2 Å². The second kappa shape index (κ2) is 7.24. The molecule has 1 N–H and O–H groups in total. The summed E-state index contributed by atoms with van der Waals surface area (Å²) < 4.78 is 6.09. The van der Waals surface area contributed by atoms with Crippen LogP contribution in [0.5, 0.6) is 0 Å². The minimum absolute atomic E-state index is 0.373. The zero-order valence-electron chi connectivity index (χ0n) is 13.4. The van der Waals surface area contributed by atoms with Crippen LogP contribution < -0.4 is 5.32 Å². The third-order valence-electron chi connectivity index (χ3n) is 4.11. The van der Waals surface area contributed by atoms with Crippen molar-refractivity contribution in [2.45, 2.75) is 71.6 Å². The van der Waals surface area contributed by atoms with Crippen molar-refractivity contribution in [1.29, 1.82) is 0 Å². The highest BCUT2D eigenvalue weighted by atomic mass is 16.5. The summed E-state index contributed by atoms with van der Waals surface area (Å²) >= 11 is 0. The highest BCUT2D eigenvalue weighted by Crippen LogP contribution is 2.24. The standard InChI is InChI=1S/C18H29NO/c1-5-8-19-17(18-7-6-15(4)20-18)12-16-10-13(2)9-14(3)11-16/h9-11,15,17-19H,5-8,12H2,1-4H3. The Hall–Kier alpha value is -0.860. The Kier molecular flexibility index (Phi) is 5.62. The molecule has 2 heteroatoms. The lowest BCUT2D eigenvalue weighted by Crippen LogP contribution is -2.42. The minimum Gasteiger partial charge on any atom is -0.374 e. The molecule has 1 aliphatic heterocycles. The van der Waals surface area contributed by atoms with Crippen LogP contribution in [-0.2, 0) is 11.2 Å². The van der Waals surface area contributed by atoms with Gasteiger partial charge in [-0.25, -0.2) is 0 Å². The fourth-order valence-electron chi connectivity index (χ4n) is 3.24. The van der Waals surface area contributed by atoms with Crippen molar-refractivity contribution in [3.8, 4) is 0 Å². The average molecular weight is 275 g/mol. The third kappa shape index (κ3) is 4.32. The summed E-state index contributed by atoms with van der Waals surface area (Å²) in [5.74, 6) is 0. The van der Waals surface area contributed by atoms with Gasteiger partial charge in [0.05, 0.1) is 12.2 Å². The molecule has 0 aliphatic carbocycles. The maximum Gasteiger partial charge on any atom is 0.0735 e. The second-order valence-corrected chi connectivity index (χ2v) is 6.32. The number of nitrogens with one attached hydrogen (secondary N) is 1. The molecule has 1 aromatic rings. The topological polar surface area (TPSA) is 21.3 Å². The number of hydrogen-bond donors (Lipinski definition) is 1. The summed E-state index contributed by atoms with van der Waals surface area (Å²) in [6, 6.07) is 7.31. The lowest BCUT2D eigenvalue weighted by molar-refractivity contribution is 0.0321. The van der Waals surface area contributed by atoms with Crippen LogP contribution in [0.25, 0.3) is 0 Å². The van der Waals surface area contributed by atoms with Crippen molar-refractivity contribution in [2.75, 3.05) is 6.54 Å². The number of hydrogen-bond acceptors (Lipinski definition) is 2. The van der Waals surface area contributed by atoms with Crippen LogP contribution in [0.2, 0.25) is 0 Å². The van der Waals surface area contributed by atoms with Crippen molar-refractivity contribution in [2.24, 2.45) is 0 Å². The summed E-state index contributed by atoms with van der Waals surface area (Å²) in [6.07, 6.45) is 5.42. The summed E-state index contributed by atoms with van der Waals surface area (Å²) in [5.41, 5.74) is 4.14. The van der Waals surface area contributed by atoms with Gasteiger partial charge in [-0.05, 0) is 58.6 Å². The first-order valence-electron chi connectivity index (χ1n) is 8.04. The number of ether oxygens (including phenoxy) is 1. The Labute approximate surface area is 123 Å². The molecular weight excluding hydrogens is 246 g/mol. The molecule has 3 atom stereocenters. The van der Waals surface area contributed by atoms with Gasteiger partial charge in [0.1, 0.15) is 0 Å². The Morgan fingerprint density at radius 1 is 1.20 bits per heavy atom. The lowest BCUT2D eigenvalue weighted by Gasteiger charge is -2.25. The van der Waals surface area contributed by atoms with Crippen molar-refractivity contribution in [3.05, 3.63) is 34.9 Å². The molecule has 1 heterocycles. The number of benzene rings is 1. The van der Waals surface area contributed by atoms with Gasteiger partial charge in [0, 0.05) is 6.04 Å². The van der Waals surface area contributed by atoms with Crippen molar-refractivity contribution < 1.29 is 4.74 Å². The van der Waals surface area contributed by atoms with Gasteiger partial charge in [0.15, 0.2) is 0 Å². The van der Waals surface area contributed by atoms with Gasteiger partial charge in [-0.1, -0.05) is 36.2 Å². The van der Waals surface area contributed by atoms with Crippen LogP contribution in [-0.4, -0.2) is 24.8 Å². The lowest BCUT2D eigenvalue weighted by atomic mass is 9.96. The quantitative estimate of drug-likeness (QED) is 0.853. The zero-order valence-corrected chi connectivity index (χ0v) is 13.4. The fraction of sp³-hybridized carbons (Fsp3) is 0.667. The van der Waals surface area contributed by atoms with E-state index in [4.69, 9.17) is 4.74 Å². The largest absolute Gasteiger partial charge is 0.374 e. The summed E-state index contributed by atoms with van der Waals surface area (Å²) in [5, 5.41) is 3.69. The molecule has 1 fully saturated rings. The van der Waals surface area contributed by atoms with Crippen LogP contribution in [0, 0.1) is 13.8 Å². The second-order valence-electron chi connectivity index (χ2n) is 6.32. The summed E-state index contributed by atoms with van der Waals surface area (Å²) in [4.78, 5) is 0. The predicted molar refractivity (Wildman–Crippen MR) is 85.3 cm³/mol. The van der Waals surface area contributed by atoms with Gasteiger partial charge in [0.2, 0.25) is 0 Å². The fourth-order valence-corrected chi connectivity index (χ4v) is 3.24. The van der Waals surface area contributed by atoms with Crippen LogP contribution >= 0.6 is 0 Å². The number of rotatable bonds is 6. The normalized spacial score (nSPS) is 24.0. The van der Waals surface area contributed by atoms with E-state index >= 15 is 0 Å². The summed E-state index contributed by atoms with van der Waals surface area (Å²) in [7, 11) is 0. The van der Waals surface area contributed by atoms with E-state index in [1.807, 2.05) is 0 Å². The van der Waals surface area contributed by atoms with E-state index in [-0.39, 0.29) is 0 Å². The highest BCUT2D eigenvalue weighted by Gasteiger charge is 2.29. The first kappa shape index (κ1) is 15.5. The van der Waals surface area contributed by atoms with Gasteiger partial charge in [-0.2, -0.15) is 0 Å². The molecular formula is C18H29NO. The molecule has 20 heavy (non-hydrogen) atoms. The SMILES string of the molecule is CCCNC(Cc1cc(C)cc(C)c1)C1CCC(C)O1. The first-order valence-corrected chi connectivity index (χ1v) is 8.04. The highest BCUT2D eigenvalue weighted by molar-refractivity contribution is 5.29. The van der Waals surface area contributed by atoms with E-state index in [1.54, 1.807) is 0 Å². The maximum absolute atomic E-state index is 6.09. The maximum atomic E-state index is 6.09. The van der Waals surface area contributed by atoms with E-state index in [1.165, 1.54) is 36.0 Å². The Morgan fingerprint density at radius 3 is 2.45 bits per heavy atom. The molecule has 2 rings (SSSR count).